The Labute approximate surface area is 130 Å². The second kappa shape index (κ2) is 6.14. The number of nitrogens with zero attached hydrogens (tertiary/aromatic N) is 1. The van der Waals surface area contributed by atoms with Crippen molar-refractivity contribution in [1.82, 2.24) is 5.32 Å². The van der Waals surface area contributed by atoms with Crippen molar-refractivity contribution in [2.45, 2.75) is 58.8 Å². The van der Waals surface area contributed by atoms with E-state index in [4.69, 9.17) is 14.3 Å². The van der Waals surface area contributed by atoms with E-state index in [-0.39, 0.29) is 18.0 Å². The highest BCUT2D eigenvalue weighted by Crippen LogP contribution is 2.39. The molecule has 1 aliphatic heterocycles. The number of hydrogen-bond acceptors (Lipinski definition) is 6. The molecule has 1 amide bonds. The van der Waals surface area contributed by atoms with Crippen molar-refractivity contribution in [3.05, 3.63) is 0 Å². The molecule has 7 nitrogen and oxygen atoms in total. The lowest BCUT2D eigenvalue weighted by Crippen LogP contribution is -2.48. The molecule has 1 saturated carbocycles. The Balaban J connectivity index is 2.13. The van der Waals surface area contributed by atoms with E-state index >= 15 is 0 Å². The summed E-state index contributed by atoms with van der Waals surface area (Å²) in [5.41, 5.74) is 0.175. The molecule has 1 fully saturated rings. The third-order valence-corrected chi connectivity index (χ3v) is 3.79. The van der Waals surface area contributed by atoms with Gasteiger partial charge in [0.1, 0.15) is 11.7 Å². The summed E-state index contributed by atoms with van der Waals surface area (Å²) in [5, 5.41) is 6.77. The Morgan fingerprint density at radius 2 is 2.09 bits per heavy atom. The van der Waals surface area contributed by atoms with Gasteiger partial charge in [-0.05, 0) is 34.6 Å². The summed E-state index contributed by atoms with van der Waals surface area (Å²) in [6.07, 6.45) is -0.272. The highest BCUT2D eigenvalue weighted by molar-refractivity contribution is 5.89. The molecule has 1 heterocycles. The Hall–Kier alpha value is -1.79. The number of nitrogens with one attached hydrogen (secondary N) is 1. The number of esters is 1. The standard InChI is InChI=1S/C15H24N2O5/c1-6-20-13(18)9-7-10-11(8(2)17-22-10)12(9)16-14(19)21-15(3,4)5/h9-12H,6-7H2,1-5H3,(H,16,19)/t9-,10-,11-,12-/m0/s1. The lowest BCUT2D eigenvalue weighted by atomic mass is 9.94. The minimum atomic E-state index is -0.600. The second-order valence-corrected chi connectivity index (χ2v) is 6.67. The summed E-state index contributed by atoms with van der Waals surface area (Å²) in [6.45, 7) is 9.27. The van der Waals surface area contributed by atoms with Crippen LogP contribution in [0.3, 0.4) is 0 Å². The van der Waals surface area contributed by atoms with Crippen LogP contribution in [0.25, 0.3) is 0 Å². The molecule has 4 atom stereocenters. The van der Waals surface area contributed by atoms with Crippen LogP contribution < -0.4 is 5.32 Å². The molecule has 0 aromatic heterocycles. The maximum atomic E-state index is 12.2. The van der Waals surface area contributed by atoms with E-state index in [2.05, 4.69) is 10.5 Å². The number of alkyl carbamates (subject to hydrolysis) is 1. The van der Waals surface area contributed by atoms with Crippen LogP contribution in [0.4, 0.5) is 4.79 Å². The largest absolute Gasteiger partial charge is 0.466 e. The van der Waals surface area contributed by atoms with Gasteiger partial charge in [-0.25, -0.2) is 4.79 Å². The van der Waals surface area contributed by atoms with Gasteiger partial charge in [0.05, 0.1) is 30.2 Å². The first-order valence-electron chi connectivity index (χ1n) is 7.59. The zero-order valence-electron chi connectivity index (χ0n) is 13.7. The third-order valence-electron chi connectivity index (χ3n) is 3.79. The molecule has 0 aromatic rings. The second-order valence-electron chi connectivity index (χ2n) is 6.67. The zero-order chi connectivity index (χ0) is 16.5. The summed E-state index contributed by atoms with van der Waals surface area (Å²) < 4.78 is 10.4. The van der Waals surface area contributed by atoms with Crippen molar-refractivity contribution < 1.29 is 23.9 Å². The Morgan fingerprint density at radius 3 is 2.68 bits per heavy atom. The van der Waals surface area contributed by atoms with Crippen molar-refractivity contribution in [3.8, 4) is 0 Å². The summed E-state index contributed by atoms with van der Waals surface area (Å²) in [7, 11) is 0. The monoisotopic (exact) mass is 312 g/mol. The number of fused-ring (bicyclic) bond motifs is 1. The summed E-state index contributed by atoms with van der Waals surface area (Å²) in [5.74, 6) is -0.899. The first-order chi connectivity index (χ1) is 10.2. The fraction of sp³-hybridized carbons (Fsp3) is 0.800. The van der Waals surface area contributed by atoms with Crippen LogP contribution in [0, 0.1) is 11.8 Å². The van der Waals surface area contributed by atoms with E-state index in [1.807, 2.05) is 6.92 Å². The van der Waals surface area contributed by atoms with Gasteiger partial charge >= 0.3 is 12.1 Å². The Morgan fingerprint density at radius 1 is 1.41 bits per heavy atom. The van der Waals surface area contributed by atoms with Crippen LogP contribution in [0.15, 0.2) is 5.16 Å². The lowest BCUT2D eigenvalue weighted by molar-refractivity contribution is -0.148. The van der Waals surface area contributed by atoms with E-state index < -0.39 is 23.7 Å². The SMILES string of the molecule is CCOC(=O)[C@H]1C[C@@H]2ON=C(C)[C@@H]2[C@H]1NC(=O)OC(C)(C)C. The van der Waals surface area contributed by atoms with Crippen LogP contribution >= 0.6 is 0 Å². The molecule has 7 heteroatoms. The van der Waals surface area contributed by atoms with Gasteiger partial charge in [-0.3, -0.25) is 4.79 Å². The van der Waals surface area contributed by atoms with E-state index in [1.165, 1.54) is 0 Å². The summed E-state index contributed by atoms with van der Waals surface area (Å²) in [6, 6.07) is -0.426. The van der Waals surface area contributed by atoms with Gasteiger partial charge in [-0.15, -0.1) is 0 Å². The van der Waals surface area contributed by atoms with E-state index in [0.29, 0.717) is 13.0 Å². The van der Waals surface area contributed by atoms with Crippen molar-refractivity contribution >= 4 is 17.8 Å². The number of ether oxygens (including phenoxy) is 2. The van der Waals surface area contributed by atoms with Crippen molar-refractivity contribution in [3.63, 3.8) is 0 Å². The molecule has 0 aromatic carbocycles. The molecule has 0 spiro atoms. The highest BCUT2D eigenvalue weighted by atomic mass is 16.6. The molecule has 124 valence electrons. The van der Waals surface area contributed by atoms with Crippen molar-refractivity contribution in [2.75, 3.05) is 6.61 Å². The van der Waals surface area contributed by atoms with Gasteiger partial charge < -0.3 is 19.6 Å². The van der Waals surface area contributed by atoms with Crippen LogP contribution in [0.5, 0.6) is 0 Å². The molecule has 2 aliphatic rings. The summed E-state index contributed by atoms with van der Waals surface area (Å²) in [4.78, 5) is 29.6. The number of amides is 1. The fourth-order valence-electron chi connectivity index (χ4n) is 3.00. The van der Waals surface area contributed by atoms with E-state index in [1.54, 1.807) is 27.7 Å². The van der Waals surface area contributed by atoms with Crippen LogP contribution in [0.2, 0.25) is 0 Å². The Kier molecular flexibility index (Phi) is 4.63. The van der Waals surface area contributed by atoms with E-state index in [0.717, 1.165) is 5.71 Å². The maximum Gasteiger partial charge on any atom is 0.407 e. The van der Waals surface area contributed by atoms with Gasteiger partial charge in [0.15, 0.2) is 0 Å². The maximum absolute atomic E-state index is 12.2. The number of rotatable bonds is 3. The zero-order valence-corrected chi connectivity index (χ0v) is 13.7. The first-order valence-corrected chi connectivity index (χ1v) is 7.59. The minimum Gasteiger partial charge on any atom is -0.466 e. The third kappa shape index (κ3) is 3.51. The van der Waals surface area contributed by atoms with Gasteiger partial charge in [-0.2, -0.15) is 0 Å². The minimum absolute atomic E-state index is 0.123. The van der Waals surface area contributed by atoms with Crippen LogP contribution in [0.1, 0.15) is 41.0 Å². The smallest absolute Gasteiger partial charge is 0.407 e. The topological polar surface area (TPSA) is 86.2 Å². The number of hydrogen-bond donors (Lipinski definition) is 1. The average molecular weight is 312 g/mol. The lowest BCUT2D eigenvalue weighted by Gasteiger charge is -2.26. The first kappa shape index (κ1) is 16.6. The van der Waals surface area contributed by atoms with Crippen molar-refractivity contribution in [2.24, 2.45) is 17.0 Å². The normalized spacial score (nSPS) is 30.1. The molecule has 2 rings (SSSR count). The molecule has 0 bridgehead atoms. The fourth-order valence-corrected chi connectivity index (χ4v) is 3.00. The van der Waals surface area contributed by atoms with Gasteiger partial charge in [0.2, 0.25) is 0 Å². The van der Waals surface area contributed by atoms with Gasteiger partial charge in [0.25, 0.3) is 0 Å². The number of carbonyl (C=O) groups is 2. The van der Waals surface area contributed by atoms with Gasteiger partial charge in [-0.1, -0.05) is 5.16 Å². The molecule has 1 N–H and O–H groups in total. The molecular formula is C15H24N2O5. The van der Waals surface area contributed by atoms with Crippen LogP contribution in [-0.2, 0) is 19.1 Å². The number of carbonyl (C=O) groups excluding carboxylic acids is 2. The molecule has 0 unspecified atom stereocenters. The Bertz CT molecular complexity index is 483. The molecular weight excluding hydrogens is 288 g/mol. The molecule has 0 saturated heterocycles. The number of oxime groups is 1. The predicted octanol–water partition coefficient (Wildman–Crippen LogP) is 1.85. The molecule has 0 radical (unpaired) electrons. The predicted molar refractivity (Wildman–Crippen MR) is 79.4 cm³/mol. The highest BCUT2D eigenvalue weighted by Gasteiger charge is 2.53. The van der Waals surface area contributed by atoms with Crippen molar-refractivity contribution in [1.29, 1.82) is 0 Å². The summed E-state index contributed by atoms with van der Waals surface area (Å²) >= 11 is 0. The quantitative estimate of drug-likeness (QED) is 0.804. The van der Waals surface area contributed by atoms with Crippen LogP contribution in [-0.4, -0.2) is 42.1 Å². The average Bonchev–Trinajstić information content (AvgIpc) is 2.89. The molecule has 1 aliphatic carbocycles. The van der Waals surface area contributed by atoms with E-state index in [9.17, 15) is 9.59 Å². The van der Waals surface area contributed by atoms with Gasteiger partial charge in [0, 0.05) is 6.42 Å². The molecule has 22 heavy (non-hydrogen) atoms.